The van der Waals surface area contributed by atoms with Crippen LogP contribution < -0.4 is 20.5 Å². The van der Waals surface area contributed by atoms with Crippen LogP contribution in [0.3, 0.4) is 0 Å². The smallest absolute Gasteiger partial charge is 0.231 e. The van der Waals surface area contributed by atoms with Crippen LogP contribution in [-0.2, 0) is 9.59 Å². The lowest BCUT2D eigenvalue weighted by atomic mass is 9.95. The van der Waals surface area contributed by atoms with Crippen LogP contribution in [0.15, 0.2) is 18.2 Å². The number of piperidine rings is 1. The van der Waals surface area contributed by atoms with E-state index in [9.17, 15) is 9.59 Å². The molecule has 0 unspecified atom stereocenters. The van der Waals surface area contributed by atoms with Crippen molar-refractivity contribution < 1.29 is 19.1 Å². The zero-order valence-electron chi connectivity index (χ0n) is 13.5. The van der Waals surface area contributed by atoms with Gasteiger partial charge >= 0.3 is 0 Å². The number of benzene rings is 1. The lowest BCUT2D eigenvalue weighted by Crippen LogP contribution is -2.42. The van der Waals surface area contributed by atoms with E-state index in [1.807, 2.05) is 4.90 Å². The first kappa shape index (κ1) is 17.1. The molecule has 1 aromatic carbocycles. The van der Waals surface area contributed by atoms with Crippen molar-refractivity contribution in [3.63, 3.8) is 0 Å². The highest BCUT2D eigenvalue weighted by Gasteiger charge is 2.26. The van der Waals surface area contributed by atoms with Gasteiger partial charge in [0.05, 0.1) is 26.5 Å². The maximum absolute atomic E-state index is 12.4. The molecule has 1 heterocycles. The first-order valence-electron chi connectivity index (χ1n) is 7.57. The van der Waals surface area contributed by atoms with Gasteiger partial charge < -0.3 is 20.5 Å². The number of amides is 2. The Bertz CT molecular complexity index is 568. The number of carbonyl (C=O) groups is 2. The average molecular weight is 321 g/mol. The fraction of sp³-hybridized carbons (Fsp3) is 0.500. The molecule has 1 aromatic rings. The lowest BCUT2D eigenvalue weighted by Gasteiger charge is -2.30. The number of primary amides is 1. The topological polar surface area (TPSA) is 93.9 Å². The third-order valence-corrected chi connectivity index (χ3v) is 4.00. The van der Waals surface area contributed by atoms with Crippen LogP contribution in [0.25, 0.3) is 0 Å². The fourth-order valence-corrected chi connectivity index (χ4v) is 2.72. The number of nitrogens with zero attached hydrogens (tertiary/aromatic N) is 1. The number of anilines is 1. The third kappa shape index (κ3) is 4.59. The van der Waals surface area contributed by atoms with Crippen molar-refractivity contribution in [1.29, 1.82) is 0 Å². The van der Waals surface area contributed by atoms with Gasteiger partial charge in [0.25, 0.3) is 0 Å². The monoisotopic (exact) mass is 321 g/mol. The average Bonchev–Trinajstić information content (AvgIpc) is 2.54. The number of methoxy groups -OCH3 is 2. The second kappa shape index (κ2) is 7.82. The zero-order chi connectivity index (χ0) is 16.8. The quantitative estimate of drug-likeness (QED) is 0.810. The molecule has 0 atom stereocenters. The van der Waals surface area contributed by atoms with Gasteiger partial charge in [-0.3, -0.25) is 14.5 Å². The standard InChI is InChI=1S/C16H23N3O4/c1-22-12-3-4-14(23-2)13(9-12)18-16(21)11-5-7-19(8-6-11)10-15(17)20/h3-4,9,11H,5-8,10H2,1-2H3,(H2,17,20)(H,18,21). The summed E-state index contributed by atoms with van der Waals surface area (Å²) in [7, 11) is 3.13. The van der Waals surface area contributed by atoms with E-state index in [1.54, 1.807) is 32.4 Å². The van der Waals surface area contributed by atoms with E-state index < -0.39 is 0 Å². The van der Waals surface area contributed by atoms with E-state index in [1.165, 1.54) is 0 Å². The van der Waals surface area contributed by atoms with Crippen molar-refractivity contribution in [2.24, 2.45) is 11.7 Å². The van der Waals surface area contributed by atoms with Gasteiger partial charge in [-0.15, -0.1) is 0 Å². The Labute approximate surface area is 135 Å². The number of hydrogen-bond donors (Lipinski definition) is 2. The molecular weight excluding hydrogens is 298 g/mol. The molecule has 0 spiro atoms. The normalized spacial score (nSPS) is 15.9. The van der Waals surface area contributed by atoms with E-state index in [2.05, 4.69) is 5.32 Å². The molecule has 3 N–H and O–H groups in total. The van der Waals surface area contributed by atoms with Crippen LogP contribution in [0.5, 0.6) is 11.5 Å². The van der Waals surface area contributed by atoms with Gasteiger partial charge in [0.15, 0.2) is 0 Å². The largest absolute Gasteiger partial charge is 0.497 e. The van der Waals surface area contributed by atoms with Gasteiger partial charge in [0.1, 0.15) is 11.5 Å². The van der Waals surface area contributed by atoms with Crippen molar-refractivity contribution in [3.8, 4) is 11.5 Å². The molecule has 1 aliphatic heterocycles. The SMILES string of the molecule is COc1ccc(OC)c(NC(=O)C2CCN(CC(N)=O)CC2)c1. The van der Waals surface area contributed by atoms with Crippen LogP contribution in [0.4, 0.5) is 5.69 Å². The zero-order valence-corrected chi connectivity index (χ0v) is 13.5. The van der Waals surface area contributed by atoms with E-state index in [-0.39, 0.29) is 24.3 Å². The predicted octanol–water partition coefficient (Wildman–Crippen LogP) is 0.840. The van der Waals surface area contributed by atoms with E-state index >= 15 is 0 Å². The van der Waals surface area contributed by atoms with Crippen molar-refractivity contribution in [1.82, 2.24) is 4.90 Å². The highest BCUT2D eigenvalue weighted by atomic mass is 16.5. The van der Waals surface area contributed by atoms with Crippen molar-refractivity contribution in [3.05, 3.63) is 18.2 Å². The minimum absolute atomic E-state index is 0.0460. The summed E-state index contributed by atoms with van der Waals surface area (Å²) in [6, 6.07) is 5.26. The molecule has 7 heteroatoms. The molecule has 2 amide bonds. The highest BCUT2D eigenvalue weighted by Crippen LogP contribution is 2.30. The number of carbonyl (C=O) groups excluding carboxylic acids is 2. The summed E-state index contributed by atoms with van der Waals surface area (Å²) in [5.41, 5.74) is 5.79. The van der Waals surface area contributed by atoms with E-state index in [0.29, 0.717) is 43.1 Å². The van der Waals surface area contributed by atoms with Gasteiger partial charge in [-0.2, -0.15) is 0 Å². The maximum atomic E-state index is 12.4. The molecule has 1 fully saturated rings. The predicted molar refractivity (Wildman–Crippen MR) is 86.5 cm³/mol. The van der Waals surface area contributed by atoms with Crippen LogP contribution in [-0.4, -0.2) is 50.6 Å². The second-order valence-corrected chi connectivity index (χ2v) is 5.57. The van der Waals surface area contributed by atoms with Gasteiger partial charge in [0, 0.05) is 12.0 Å². The van der Waals surface area contributed by atoms with Gasteiger partial charge in [0.2, 0.25) is 11.8 Å². The Hall–Kier alpha value is -2.28. The fourth-order valence-electron chi connectivity index (χ4n) is 2.72. The van der Waals surface area contributed by atoms with Crippen molar-refractivity contribution in [2.45, 2.75) is 12.8 Å². The Kier molecular flexibility index (Phi) is 5.81. The van der Waals surface area contributed by atoms with Gasteiger partial charge in [-0.25, -0.2) is 0 Å². The molecule has 7 nitrogen and oxygen atoms in total. The van der Waals surface area contributed by atoms with Crippen LogP contribution in [0.1, 0.15) is 12.8 Å². The first-order chi connectivity index (χ1) is 11.0. The molecule has 0 aliphatic carbocycles. The molecule has 0 bridgehead atoms. The molecule has 23 heavy (non-hydrogen) atoms. The molecule has 126 valence electrons. The molecule has 1 saturated heterocycles. The first-order valence-corrected chi connectivity index (χ1v) is 7.57. The molecule has 1 aliphatic rings. The summed E-state index contributed by atoms with van der Waals surface area (Å²) in [5, 5.41) is 2.91. The summed E-state index contributed by atoms with van der Waals surface area (Å²) >= 11 is 0. The third-order valence-electron chi connectivity index (χ3n) is 4.00. The summed E-state index contributed by atoms with van der Waals surface area (Å²) in [5.74, 6) is 0.766. The minimum Gasteiger partial charge on any atom is -0.497 e. The summed E-state index contributed by atoms with van der Waals surface area (Å²) < 4.78 is 10.4. The second-order valence-electron chi connectivity index (χ2n) is 5.57. The van der Waals surface area contributed by atoms with E-state index in [4.69, 9.17) is 15.2 Å². The number of ether oxygens (including phenoxy) is 2. The number of nitrogens with one attached hydrogen (secondary N) is 1. The van der Waals surface area contributed by atoms with Crippen molar-refractivity contribution in [2.75, 3.05) is 39.2 Å². The Morgan fingerprint density at radius 2 is 1.96 bits per heavy atom. The molecule has 0 aromatic heterocycles. The number of likely N-dealkylation sites (tertiary alicyclic amines) is 1. The number of hydrogen-bond acceptors (Lipinski definition) is 5. The maximum Gasteiger partial charge on any atom is 0.231 e. The lowest BCUT2D eigenvalue weighted by molar-refractivity contribution is -0.122. The van der Waals surface area contributed by atoms with Crippen LogP contribution >= 0.6 is 0 Å². The molecule has 2 rings (SSSR count). The van der Waals surface area contributed by atoms with Crippen LogP contribution in [0.2, 0.25) is 0 Å². The van der Waals surface area contributed by atoms with Crippen LogP contribution in [0, 0.1) is 5.92 Å². The molecule has 0 saturated carbocycles. The summed E-state index contributed by atoms with van der Waals surface area (Å²) in [4.78, 5) is 25.3. The minimum atomic E-state index is -0.339. The summed E-state index contributed by atoms with van der Waals surface area (Å²) in [6.45, 7) is 1.63. The Morgan fingerprint density at radius 3 is 2.52 bits per heavy atom. The number of rotatable bonds is 6. The Morgan fingerprint density at radius 1 is 1.26 bits per heavy atom. The van der Waals surface area contributed by atoms with E-state index in [0.717, 1.165) is 0 Å². The van der Waals surface area contributed by atoms with Gasteiger partial charge in [-0.1, -0.05) is 0 Å². The van der Waals surface area contributed by atoms with Crippen molar-refractivity contribution >= 4 is 17.5 Å². The number of nitrogens with two attached hydrogens (primary N) is 1. The van der Waals surface area contributed by atoms with Gasteiger partial charge in [-0.05, 0) is 38.1 Å². The Balaban J connectivity index is 1.96. The summed E-state index contributed by atoms with van der Waals surface area (Å²) in [6.07, 6.45) is 1.40. The molecule has 0 radical (unpaired) electrons. The highest BCUT2D eigenvalue weighted by molar-refractivity contribution is 5.94. The molecular formula is C16H23N3O4.